The molecule has 1 aliphatic heterocycles. The highest BCUT2D eigenvalue weighted by molar-refractivity contribution is 6.03. The number of hydrogen-bond donors (Lipinski definition) is 1. The maximum atomic E-state index is 12.4. The Morgan fingerprint density at radius 3 is 2.70 bits per heavy atom. The highest BCUT2D eigenvalue weighted by Gasteiger charge is 2.17. The van der Waals surface area contributed by atoms with E-state index in [2.05, 4.69) is 45.5 Å². The average molecular weight is 354 g/mol. The number of carbonyl (C=O) groups excluding carboxylic acids is 1. The van der Waals surface area contributed by atoms with Crippen molar-refractivity contribution in [2.24, 2.45) is 0 Å². The number of benzene rings is 2. The third kappa shape index (κ3) is 3.65. The lowest BCUT2D eigenvalue weighted by molar-refractivity contribution is 0.102. The molecule has 4 rings (SSSR count). The maximum Gasteiger partial charge on any atom is 0.274 e. The number of fused-ring (bicyclic) bond motifs is 1. The van der Waals surface area contributed by atoms with Crippen LogP contribution in [-0.4, -0.2) is 17.4 Å². The summed E-state index contributed by atoms with van der Waals surface area (Å²) in [7, 11) is 0. The predicted octanol–water partition coefficient (Wildman–Crippen LogP) is 3.77. The summed E-state index contributed by atoms with van der Waals surface area (Å²) in [6, 6.07) is 21.0. The van der Waals surface area contributed by atoms with Crippen LogP contribution in [0.3, 0.4) is 0 Å². The molecule has 0 radical (unpaired) electrons. The number of amides is 1. The molecule has 27 heavy (non-hydrogen) atoms. The zero-order valence-corrected chi connectivity index (χ0v) is 14.7. The molecule has 1 aromatic heterocycles. The Bertz CT molecular complexity index is 1020. The van der Waals surface area contributed by atoms with E-state index < -0.39 is 0 Å². The van der Waals surface area contributed by atoms with Gasteiger partial charge in [0.05, 0.1) is 23.5 Å². The molecule has 0 bridgehead atoms. The first-order chi connectivity index (χ1) is 13.2. The summed E-state index contributed by atoms with van der Waals surface area (Å²) in [5.41, 5.74) is 5.17. The second-order valence-corrected chi connectivity index (χ2v) is 6.49. The fourth-order valence-electron chi connectivity index (χ4n) is 3.29. The van der Waals surface area contributed by atoms with Gasteiger partial charge in [-0.3, -0.25) is 4.79 Å². The molecule has 2 aromatic carbocycles. The van der Waals surface area contributed by atoms with E-state index in [-0.39, 0.29) is 5.91 Å². The number of nitriles is 1. The van der Waals surface area contributed by atoms with E-state index >= 15 is 0 Å². The Kier molecular flexibility index (Phi) is 4.54. The van der Waals surface area contributed by atoms with E-state index in [9.17, 15) is 4.79 Å². The summed E-state index contributed by atoms with van der Waals surface area (Å²) >= 11 is 0. The molecule has 132 valence electrons. The van der Waals surface area contributed by atoms with Crippen molar-refractivity contribution in [1.29, 1.82) is 5.26 Å². The molecule has 3 aromatic rings. The van der Waals surface area contributed by atoms with Gasteiger partial charge in [0.2, 0.25) is 0 Å². The van der Waals surface area contributed by atoms with Crippen molar-refractivity contribution in [3.8, 4) is 6.07 Å². The van der Waals surface area contributed by atoms with Crippen molar-refractivity contribution in [1.82, 2.24) is 4.98 Å². The molecule has 5 nitrogen and oxygen atoms in total. The molecule has 1 amide bonds. The fraction of sp³-hybridized carbons (Fsp3) is 0.136. The summed E-state index contributed by atoms with van der Waals surface area (Å²) in [6.07, 6.45) is 2.75. The molecule has 0 aliphatic carbocycles. The van der Waals surface area contributed by atoms with Crippen LogP contribution in [0, 0.1) is 11.3 Å². The van der Waals surface area contributed by atoms with Crippen LogP contribution < -0.4 is 10.2 Å². The summed E-state index contributed by atoms with van der Waals surface area (Å²) < 4.78 is 0. The van der Waals surface area contributed by atoms with Crippen molar-refractivity contribution < 1.29 is 4.79 Å². The lowest BCUT2D eigenvalue weighted by atomic mass is 10.00. The molecular formula is C22H18N4O. The monoisotopic (exact) mass is 354 g/mol. The molecule has 0 spiro atoms. The van der Waals surface area contributed by atoms with E-state index in [1.165, 1.54) is 11.1 Å². The first kappa shape index (κ1) is 16.8. The quantitative estimate of drug-likeness (QED) is 0.777. The van der Waals surface area contributed by atoms with Gasteiger partial charge in [-0.1, -0.05) is 30.3 Å². The van der Waals surface area contributed by atoms with Gasteiger partial charge in [-0.25, -0.2) is 4.98 Å². The van der Waals surface area contributed by atoms with E-state index in [0.717, 1.165) is 25.2 Å². The number of nitrogens with zero attached hydrogens (tertiary/aromatic N) is 3. The lowest BCUT2D eigenvalue weighted by Crippen LogP contribution is -2.30. The number of hydrogen-bond acceptors (Lipinski definition) is 4. The van der Waals surface area contributed by atoms with Gasteiger partial charge in [0.25, 0.3) is 5.91 Å². The molecule has 0 saturated heterocycles. The zero-order chi connectivity index (χ0) is 18.6. The number of pyridine rings is 1. The standard InChI is InChI=1S/C22H18N4O/c23-13-16-4-3-7-19(12-16)25-22(27)21-9-8-20(14-24-21)26-11-10-17-5-1-2-6-18(17)15-26/h1-9,12,14H,10-11,15H2,(H,25,27). The fourth-order valence-corrected chi connectivity index (χ4v) is 3.29. The van der Waals surface area contributed by atoms with Crippen LogP contribution in [-0.2, 0) is 13.0 Å². The minimum atomic E-state index is -0.291. The van der Waals surface area contributed by atoms with Crippen LogP contribution in [0.15, 0.2) is 66.9 Å². The maximum absolute atomic E-state index is 12.4. The Balaban J connectivity index is 1.46. The van der Waals surface area contributed by atoms with E-state index in [4.69, 9.17) is 5.26 Å². The molecular weight excluding hydrogens is 336 g/mol. The van der Waals surface area contributed by atoms with Crippen LogP contribution in [0.2, 0.25) is 0 Å². The van der Waals surface area contributed by atoms with Crippen molar-refractivity contribution in [3.63, 3.8) is 0 Å². The number of rotatable bonds is 3. The van der Waals surface area contributed by atoms with E-state index in [1.807, 2.05) is 6.07 Å². The van der Waals surface area contributed by atoms with Gasteiger partial charge in [-0.2, -0.15) is 5.26 Å². The SMILES string of the molecule is N#Cc1cccc(NC(=O)c2ccc(N3CCc4ccccc4C3)cn2)c1. The van der Waals surface area contributed by atoms with Crippen molar-refractivity contribution in [3.05, 3.63) is 89.2 Å². The molecule has 0 atom stereocenters. The summed E-state index contributed by atoms with van der Waals surface area (Å²) in [6.45, 7) is 1.79. The van der Waals surface area contributed by atoms with Gasteiger partial charge in [0.1, 0.15) is 5.69 Å². The van der Waals surface area contributed by atoms with Gasteiger partial charge in [0.15, 0.2) is 0 Å². The second-order valence-electron chi connectivity index (χ2n) is 6.49. The Morgan fingerprint density at radius 2 is 1.93 bits per heavy atom. The first-order valence-electron chi connectivity index (χ1n) is 8.82. The minimum absolute atomic E-state index is 0.291. The molecule has 5 heteroatoms. The molecule has 1 N–H and O–H groups in total. The number of nitrogens with one attached hydrogen (secondary N) is 1. The molecule has 0 fully saturated rings. The predicted molar refractivity (Wildman–Crippen MR) is 105 cm³/mol. The molecule has 0 unspecified atom stereocenters. The topological polar surface area (TPSA) is 69.0 Å². The van der Waals surface area contributed by atoms with E-state index in [1.54, 1.807) is 36.5 Å². The van der Waals surface area contributed by atoms with Gasteiger partial charge in [-0.15, -0.1) is 0 Å². The number of carbonyl (C=O) groups is 1. The normalized spacial score (nSPS) is 12.8. The van der Waals surface area contributed by atoms with Gasteiger partial charge < -0.3 is 10.2 Å². The Labute approximate surface area is 157 Å². The minimum Gasteiger partial charge on any atom is -0.366 e. The van der Waals surface area contributed by atoms with Gasteiger partial charge >= 0.3 is 0 Å². The van der Waals surface area contributed by atoms with Crippen LogP contribution >= 0.6 is 0 Å². The Morgan fingerprint density at radius 1 is 1.07 bits per heavy atom. The summed E-state index contributed by atoms with van der Waals surface area (Å²) in [5.74, 6) is -0.291. The number of anilines is 2. The Hall–Kier alpha value is -3.65. The third-order valence-electron chi connectivity index (χ3n) is 4.73. The highest BCUT2D eigenvalue weighted by Crippen LogP contribution is 2.24. The lowest BCUT2D eigenvalue weighted by Gasteiger charge is -2.30. The first-order valence-corrected chi connectivity index (χ1v) is 8.82. The largest absolute Gasteiger partial charge is 0.366 e. The van der Waals surface area contributed by atoms with Crippen LogP contribution in [0.1, 0.15) is 27.2 Å². The zero-order valence-electron chi connectivity index (χ0n) is 14.7. The van der Waals surface area contributed by atoms with Gasteiger partial charge in [0, 0.05) is 18.8 Å². The van der Waals surface area contributed by atoms with Crippen molar-refractivity contribution in [2.45, 2.75) is 13.0 Å². The van der Waals surface area contributed by atoms with E-state index in [0.29, 0.717) is 16.9 Å². The van der Waals surface area contributed by atoms with Crippen LogP contribution in [0.4, 0.5) is 11.4 Å². The van der Waals surface area contributed by atoms with Crippen molar-refractivity contribution >= 4 is 17.3 Å². The smallest absolute Gasteiger partial charge is 0.274 e. The highest BCUT2D eigenvalue weighted by atomic mass is 16.1. The molecule has 1 aliphatic rings. The summed E-state index contributed by atoms with van der Waals surface area (Å²) in [5, 5.41) is 11.7. The summed E-state index contributed by atoms with van der Waals surface area (Å²) in [4.78, 5) is 19.0. The van der Waals surface area contributed by atoms with Crippen LogP contribution in [0.25, 0.3) is 0 Å². The second kappa shape index (κ2) is 7.30. The van der Waals surface area contributed by atoms with Crippen molar-refractivity contribution in [2.75, 3.05) is 16.8 Å². The van der Waals surface area contributed by atoms with Crippen LogP contribution in [0.5, 0.6) is 0 Å². The number of aromatic nitrogens is 1. The molecule has 0 saturated carbocycles. The average Bonchev–Trinajstić information content (AvgIpc) is 2.73. The van der Waals surface area contributed by atoms with Gasteiger partial charge in [-0.05, 0) is 47.9 Å². The third-order valence-corrected chi connectivity index (χ3v) is 4.73. The molecule has 2 heterocycles.